The molecule has 0 atom stereocenters. The van der Waals surface area contributed by atoms with Gasteiger partial charge in [0, 0.05) is 18.5 Å². The number of nitrogens with zero attached hydrogens (tertiary/aromatic N) is 2. The van der Waals surface area contributed by atoms with E-state index in [2.05, 4.69) is 4.99 Å². The smallest absolute Gasteiger partial charge is 0.271 e. The molecule has 1 aliphatic rings. The lowest BCUT2D eigenvalue weighted by Gasteiger charge is -2.15. The minimum Gasteiger partial charge on any atom is -0.271 e. The molecule has 0 bridgehead atoms. The Balaban J connectivity index is 2.14. The van der Waals surface area contributed by atoms with Gasteiger partial charge in [-0.05, 0) is 18.6 Å². The standard InChI is InChI=1S/C11H13N3O/c12-14(10-7-4-8-13-10)11(15)9-5-2-1-3-6-9/h1-3,5-6H,4,7-8,12H2. The van der Waals surface area contributed by atoms with Crippen LogP contribution in [0.3, 0.4) is 0 Å². The van der Waals surface area contributed by atoms with Crippen molar-refractivity contribution in [2.45, 2.75) is 12.8 Å². The van der Waals surface area contributed by atoms with E-state index in [4.69, 9.17) is 5.84 Å². The van der Waals surface area contributed by atoms with Gasteiger partial charge in [-0.3, -0.25) is 9.79 Å². The summed E-state index contributed by atoms with van der Waals surface area (Å²) in [6.45, 7) is 0.769. The molecule has 4 nitrogen and oxygen atoms in total. The summed E-state index contributed by atoms with van der Waals surface area (Å²) in [7, 11) is 0. The highest BCUT2D eigenvalue weighted by atomic mass is 16.2. The minimum atomic E-state index is -0.198. The van der Waals surface area contributed by atoms with E-state index in [1.165, 1.54) is 0 Å². The summed E-state index contributed by atoms with van der Waals surface area (Å²) in [4.78, 5) is 16.0. The highest BCUT2D eigenvalue weighted by Crippen LogP contribution is 2.09. The van der Waals surface area contributed by atoms with Gasteiger partial charge in [-0.25, -0.2) is 10.9 Å². The highest BCUT2D eigenvalue weighted by molar-refractivity contribution is 6.06. The van der Waals surface area contributed by atoms with Crippen LogP contribution in [0.15, 0.2) is 35.3 Å². The maximum Gasteiger partial charge on any atom is 0.273 e. The van der Waals surface area contributed by atoms with Crippen molar-refractivity contribution < 1.29 is 4.79 Å². The zero-order valence-corrected chi connectivity index (χ0v) is 8.39. The number of carbonyl (C=O) groups is 1. The summed E-state index contributed by atoms with van der Waals surface area (Å²) in [6, 6.07) is 9.00. The number of rotatable bonds is 1. The van der Waals surface area contributed by atoms with E-state index >= 15 is 0 Å². The van der Waals surface area contributed by atoms with Crippen LogP contribution in [-0.2, 0) is 0 Å². The number of benzene rings is 1. The van der Waals surface area contributed by atoms with Gasteiger partial charge in [0.05, 0.1) is 0 Å². The second kappa shape index (κ2) is 4.23. The number of amides is 1. The molecule has 1 aliphatic heterocycles. The fourth-order valence-electron chi connectivity index (χ4n) is 1.56. The van der Waals surface area contributed by atoms with Crippen LogP contribution < -0.4 is 5.84 Å². The summed E-state index contributed by atoms with van der Waals surface area (Å²) in [5, 5.41) is 1.16. The first-order valence-corrected chi connectivity index (χ1v) is 4.96. The molecule has 0 saturated heterocycles. The van der Waals surface area contributed by atoms with E-state index in [0.717, 1.165) is 24.4 Å². The van der Waals surface area contributed by atoms with Crippen molar-refractivity contribution >= 4 is 11.7 Å². The lowest BCUT2D eigenvalue weighted by Crippen LogP contribution is -2.41. The number of carbonyl (C=O) groups excluding carboxylic acids is 1. The van der Waals surface area contributed by atoms with Crippen molar-refractivity contribution in [2.75, 3.05) is 6.54 Å². The predicted molar refractivity (Wildman–Crippen MR) is 58.3 cm³/mol. The molecule has 1 aromatic carbocycles. The van der Waals surface area contributed by atoms with Crippen LogP contribution in [0, 0.1) is 0 Å². The van der Waals surface area contributed by atoms with E-state index in [1.807, 2.05) is 18.2 Å². The SMILES string of the molecule is NN(C(=O)c1ccccc1)C1=NCCC1. The van der Waals surface area contributed by atoms with E-state index in [0.29, 0.717) is 11.4 Å². The molecule has 0 aromatic heterocycles. The van der Waals surface area contributed by atoms with Crippen LogP contribution in [0.25, 0.3) is 0 Å². The Morgan fingerprint density at radius 3 is 2.67 bits per heavy atom. The maximum atomic E-state index is 11.9. The quantitative estimate of drug-likeness (QED) is 0.423. The molecule has 78 valence electrons. The van der Waals surface area contributed by atoms with Crippen molar-refractivity contribution in [1.29, 1.82) is 0 Å². The third-order valence-electron chi connectivity index (χ3n) is 2.37. The maximum absolute atomic E-state index is 11.9. The van der Waals surface area contributed by atoms with Gasteiger partial charge >= 0.3 is 0 Å². The van der Waals surface area contributed by atoms with Gasteiger partial charge in [0.1, 0.15) is 5.84 Å². The third-order valence-corrected chi connectivity index (χ3v) is 2.37. The molecular formula is C11H13N3O. The van der Waals surface area contributed by atoms with Gasteiger partial charge in [0.25, 0.3) is 5.91 Å². The van der Waals surface area contributed by atoms with Gasteiger partial charge in [-0.2, -0.15) is 0 Å². The van der Waals surface area contributed by atoms with Crippen LogP contribution in [0.2, 0.25) is 0 Å². The molecule has 0 spiro atoms. The van der Waals surface area contributed by atoms with Crippen molar-refractivity contribution in [3.8, 4) is 0 Å². The van der Waals surface area contributed by atoms with Crippen LogP contribution in [0.4, 0.5) is 0 Å². The Morgan fingerprint density at radius 2 is 2.07 bits per heavy atom. The molecule has 2 rings (SSSR count). The Labute approximate surface area is 88.4 Å². The average molecular weight is 203 g/mol. The number of aliphatic imine (C=N–C) groups is 1. The summed E-state index contributed by atoms with van der Waals surface area (Å²) in [5.74, 6) is 6.19. The van der Waals surface area contributed by atoms with E-state index < -0.39 is 0 Å². The fourth-order valence-corrected chi connectivity index (χ4v) is 1.56. The lowest BCUT2D eigenvalue weighted by atomic mass is 10.2. The fraction of sp³-hybridized carbons (Fsp3) is 0.273. The van der Waals surface area contributed by atoms with Crippen LogP contribution in [-0.4, -0.2) is 23.3 Å². The third kappa shape index (κ3) is 2.05. The van der Waals surface area contributed by atoms with E-state index in [9.17, 15) is 4.79 Å². The number of amidine groups is 1. The number of hydrogen-bond acceptors (Lipinski definition) is 3. The minimum absolute atomic E-state index is 0.198. The van der Waals surface area contributed by atoms with Crippen molar-refractivity contribution in [1.82, 2.24) is 5.01 Å². The molecule has 4 heteroatoms. The molecular weight excluding hydrogens is 190 g/mol. The highest BCUT2D eigenvalue weighted by Gasteiger charge is 2.19. The Morgan fingerprint density at radius 1 is 1.33 bits per heavy atom. The molecule has 0 aliphatic carbocycles. The number of hydrazine groups is 1. The first-order chi connectivity index (χ1) is 7.29. The van der Waals surface area contributed by atoms with Gasteiger partial charge in [-0.1, -0.05) is 18.2 Å². The monoisotopic (exact) mass is 203 g/mol. The second-order valence-electron chi connectivity index (χ2n) is 3.44. The summed E-state index contributed by atoms with van der Waals surface area (Å²) in [5.41, 5.74) is 0.592. The van der Waals surface area contributed by atoms with Crippen LogP contribution in [0.1, 0.15) is 23.2 Å². The second-order valence-corrected chi connectivity index (χ2v) is 3.44. The zero-order valence-electron chi connectivity index (χ0n) is 8.39. The topological polar surface area (TPSA) is 58.7 Å². The summed E-state index contributed by atoms with van der Waals surface area (Å²) < 4.78 is 0. The molecule has 0 unspecified atom stereocenters. The Hall–Kier alpha value is -1.68. The lowest BCUT2D eigenvalue weighted by molar-refractivity contribution is 0.0845. The molecule has 15 heavy (non-hydrogen) atoms. The normalized spacial score (nSPS) is 14.9. The first kappa shape index (κ1) is 9.86. The first-order valence-electron chi connectivity index (χ1n) is 4.96. The van der Waals surface area contributed by atoms with Crippen LogP contribution >= 0.6 is 0 Å². The van der Waals surface area contributed by atoms with Gasteiger partial charge in [0.2, 0.25) is 0 Å². The average Bonchev–Trinajstić information content (AvgIpc) is 2.82. The van der Waals surface area contributed by atoms with Crippen molar-refractivity contribution in [3.05, 3.63) is 35.9 Å². The number of nitrogens with two attached hydrogens (primary N) is 1. The Bertz CT molecular complexity index is 386. The van der Waals surface area contributed by atoms with Crippen molar-refractivity contribution in [2.24, 2.45) is 10.8 Å². The van der Waals surface area contributed by atoms with E-state index in [-0.39, 0.29) is 5.91 Å². The molecule has 1 amide bonds. The molecule has 2 N–H and O–H groups in total. The summed E-state index contributed by atoms with van der Waals surface area (Å²) in [6.07, 6.45) is 1.76. The molecule has 0 fully saturated rings. The summed E-state index contributed by atoms with van der Waals surface area (Å²) >= 11 is 0. The van der Waals surface area contributed by atoms with Gasteiger partial charge in [0.15, 0.2) is 0 Å². The Kier molecular flexibility index (Phi) is 2.78. The molecule has 1 heterocycles. The largest absolute Gasteiger partial charge is 0.273 e. The predicted octanol–water partition coefficient (Wildman–Crippen LogP) is 1.19. The molecule has 0 saturated carbocycles. The van der Waals surface area contributed by atoms with Crippen molar-refractivity contribution in [3.63, 3.8) is 0 Å². The number of hydrogen-bond donors (Lipinski definition) is 1. The molecule has 1 aromatic rings. The van der Waals surface area contributed by atoms with E-state index in [1.54, 1.807) is 12.1 Å². The van der Waals surface area contributed by atoms with Gasteiger partial charge in [-0.15, -0.1) is 0 Å². The zero-order chi connectivity index (χ0) is 10.7. The van der Waals surface area contributed by atoms with Gasteiger partial charge < -0.3 is 0 Å². The van der Waals surface area contributed by atoms with Crippen LogP contribution in [0.5, 0.6) is 0 Å². The molecule has 0 radical (unpaired) electrons.